The first-order valence-corrected chi connectivity index (χ1v) is 8.77. The Morgan fingerprint density at radius 3 is 2.81 bits per heavy atom. The molecule has 2 heterocycles. The molecule has 0 saturated carbocycles. The molecular weight excluding hydrogens is 332 g/mol. The molecule has 0 aliphatic carbocycles. The average Bonchev–Trinajstić information content (AvgIpc) is 2.68. The van der Waals surface area contributed by atoms with Gasteiger partial charge in [0.25, 0.3) is 0 Å². The molecule has 7 nitrogen and oxygen atoms in total. The van der Waals surface area contributed by atoms with Gasteiger partial charge in [-0.3, -0.25) is 0 Å². The molecule has 1 saturated heterocycles. The lowest BCUT2D eigenvalue weighted by Crippen LogP contribution is -2.50. The first-order valence-electron chi connectivity index (χ1n) is 8.77. The number of methoxy groups -OCH3 is 2. The average molecular weight is 358 g/mol. The van der Waals surface area contributed by atoms with E-state index in [1.165, 1.54) is 0 Å². The van der Waals surface area contributed by atoms with Gasteiger partial charge in [-0.2, -0.15) is 0 Å². The van der Waals surface area contributed by atoms with Crippen LogP contribution in [-0.2, 0) is 4.74 Å². The van der Waals surface area contributed by atoms with E-state index in [-0.39, 0.29) is 5.60 Å². The Bertz CT molecular complexity index is 755. The third-order valence-corrected chi connectivity index (χ3v) is 4.73. The van der Waals surface area contributed by atoms with E-state index in [0.29, 0.717) is 18.2 Å². The zero-order valence-corrected chi connectivity index (χ0v) is 15.8. The van der Waals surface area contributed by atoms with Crippen molar-refractivity contribution in [2.45, 2.75) is 25.9 Å². The molecule has 3 rings (SSSR count). The van der Waals surface area contributed by atoms with Gasteiger partial charge in [0.2, 0.25) is 0 Å². The normalized spacial score (nSPS) is 19.9. The maximum atomic E-state index is 5.92. The number of aromatic nitrogens is 2. The summed E-state index contributed by atoms with van der Waals surface area (Å²) in [4.78, 5) is 11.0. The SMILES string of the molecule is CCC1(C)CN(c2cc(Nc3ccc(OC)cc3OC)ncn2)CCO1. The van der Waals surface area contributed by atoms with Crippen molar-refractivity contribution in [3.05, 3.63) is 30.6 Å². The fourth-order valence-electron chi connectivity index (χ4n) is 2.97. The zero-order valence-electron chi connectivity index (χ0n) is 15.8. The third kappa shape index (κ3) is 3.99. The van der Waals surface area contributed by atoms with Crippen LogP contribution in [0.25, 0.3) is 0 Å². The topological polar surface area (TPSA) is 68.7 Å². The number of hydrogen-bond acceptors (Lipinski definition) is 7. The fourth-order valence-corrected chi connectivity index (χ4v) is 2.97. The van der Waals surface area contributed by atoms with Crippen LogP contribution in [0.1, 0.15) is 20.3 Å². The number of rotatable bonds is 6. The molecule has 0 amide bonds. The lowest BCUT2D eigenvalue weighted by molar-refractivity contribution is -0.0443. The number of morpholine rings is 1. The van der Waals surface area contributed by atoms with Gasteiger partial charge < -0.3 is 24.4 Å². The van der Waals surface area contributed by atoms with Crippen molar-refractivity contribution in [2.75, 3.05) is 44.1 Å². The Kier molecular flexibility index (Phi) is 5.46. The van der Waals surface area contributed by atoms with Crippen molar-refractivity contribution >= 4 is 17.3 Å². The number of benzene rings is 1. The largest absolute Gasteiger partial charge is 0.497 e. The molecule has 1 unspecified atom stereocenters. The van der Waals surface area contributed by atoms with Crippen molar-refractivity contribution in [1.29, 1.82) is 0 Å². The molecular formula is C19H26N4O3. The number of hydrogen-bond donors (Lipinski definition) is 1. The van der Waals surface area contributed by atoms with Crippen molar-refractivity contribution in [3.63, 3.8) is 0 Å². The van der Waals surface area contributed by atoms with Crippen LogP contribution in [0.5, 0.6) is 11.5 Å². The molecule has 1 fully saturated rings. The summed E-state index contributed by atoms with van der Waals surface area (Å²) in [6.07, 6.45) is 2.54. The van der Waals surface area contributed by atoms with E-state index < -0.39 is 0 Å². The van der Waals surface area contributed by atoms with Gasteiger partial charge in [0.1, 0.15) is 29.5 Å². The standard InChI is InChI=1S/C19H26N4O3/c1-5-19(2)12-23(8-9-26-19)18-11-17(20-13-21-18)22-15-7-6-14(24-3)10-16(15)25-4/h6-7,10-11,13H,5,8-9,12H2,1-4H3,(H,20,21,22). The summed E-state index contributed by atoms with van der Waals surface area (Å²) in [6.45, 7) is 6.61. The molecule has 0 bridgehead atoms. The molecule has 1 aliphatic rings. The molecule has 1 aliphatic heterocycles. The summed E-state index contributed by atoms with van der Waals surface area (Å²) in [5, 5.41) is 3.30. The molecule has 0 radical (unpaired) electrons. The second kappa shape index (κ2) is 7.78. The van der Waals surface area contributed by atoms with Gasteiger partial charge in [-0.25, -0.2) is 9.97 Å². The van der Waals surface area contributed by atoms with Crippen LogP contribution >= 0.6 is 0 Å². The summed E-state index contributed by atoms with van der Waals surface area (Å²) in [6, 6.07) is 7.56. The van der Waals surface area contributed by atoms with Gasteiger partial charge >= 0.3 is 0 Å². The Morgan fingerprint density at radius 1 is 1.23 bits per heavy atom. The van der Waals surface area contributed by atoms with Crippen molar-refractivity contribution in [3.8, 4) is 11.5 Å². The number of nitrogens with one attached hydrogen (secondary N) is 1. The summed E-state index contributed by atoms with van der Waals surface area (Å²) in [5.41, 5.74) is 0.675. The molecule has 7 heteroatoms. The Hall–Kier alpha value is -2.54. The van der Waals surface area contributed by atoms with Crippen molar-refractivity contribution < 1.29 is 14.2 Å². The molecule has 2 aromatic rings. The molecule has 1 N–H and O–H groups in total. The van der Waals surface area contributed by atoms with Crippen LogP contribution in [-0.4, -0.2) is 49.5 Å². The van der Waals surface area contributed by atoms with Crippen LogP contribution in [0.15, 0.2) is 30.6 Å². The van der Waals surface area contributed by atoms with E-state index in [1.54, 1.807) is 20.5 Å². The molecule has 1 aromatic carbocycles. The van der Waals surface area contributed by atoms with Crippen LogP contribution in [0, 0.1) is 0 Å². The van der Waals surface area contributed by atoms with E-state index in [0.717, 1.165) is 36.8 Å². The van der Waals surface area contributed by atoms with Crippen LogP contribution < -0.4 is 19.7 Å². The minimum atomic E-state index is -0.143. The Morgan fingerprint density at radius 2 is 2.08 bits per heavy atom. The van der Waals surface area contributed by atoms with Gasteiger partial charge in [-0.15, -0.1) is 0 Å². The van der Waals surface area contributed by atoms with Gasteiger partial charge in [0.15, 0.2) is 0 Å². The van der Waals surface area contributed by atoms with Gasteiger partial charge in [-0.1, -0.05) is 6.92 Å². The van der Waals surface area contributed by atoms with Crippen molar-refractivity contribution in [1.82, 2.24) is 9.97 Å². The summed E-state index contributed by atoms with van der Waals surface area (Å²) in [7, 11) is 3.26. The van der Waals surface area contributed by atoms with Crippen molar-refractivity contribution in [2.24, 2.45) is 0 Å². The maximum Gasteiger partial charge on any atom is 0.146 e. The highest BCUT2D eigenvalue weighted by atomic mass is 16.5. The predicted octanol–water partition coefficient (Wildman–Crippen LogP) is 3.24. The number of ether oxygens (including phenoxy) is 3. The van der Waals surface area contributed by atoms with E-state index >= 15 is 0 Å². The van der Waals surface area contributed by atoms with Gasteiger partial charge in [0, 0.05) is 25.2 Å². The predicted molar refractivity (Wildman–Crippen MR) is 102 cm³/mol. The quantitative estimate of drug-likeness (QED) is 0.850. The summed E-state index contributed by atoms with van der Waals surface area (Å²) in [5.74, 6) is 3.03. The van der Waals surface area contributed by atoms with E-state index in [1.807, 2.05) is 24.3 Å². The minimum Gasteiger partial charge on any atom is -0.497 e. The highest BCUT2D eigenvalue weighted by Crippen LogP contribution is 2.32. The number of anilines is 3. The maximum absolute atomic E-state index is 5.92. The van der Waals surface area contributed by atoms with Gasteiger partial charge in [-0.05, 0) is 25.5 Å². The van der Waals surface area contributed by atoms with E-state index in [4.69, 9.17) is 14.2 Å². The first-order chi connectivity index (χ1) is 12.6. The molecule has 1 aromatic heterocycles. The minimum absolute atomic E-state index is 0.143. The summed E-state index contributed by atoms with van der Waals surface area (Å²) >= 11 is 0. The van der Waals surface area contributed by atoms with E-state index in [2.05, 4.69) is 34.0 Å². The first kappa shape index (κ1) is 18.3. The Labute approximate surface area is 154 Å². The van der Waals surface area contributed by atoms with E-state index in [9.17, 15) is 0 Å². The van der Waals surface area contributed by atoms with Crippen LogP contribution in [0.2, 0.25) is 0 Å². The number of nitrogens with zero attached hydrogens (tertiary/aromatic N) is 3. The monoisotopic (exact) mass is 358 g/mol. The van der Waals surface area contributed by atoms with Crippen LogP contribution in [0.3, 0.4) is 0 Å². The third-order valence-electron chi connectivity index (χ3n) is 4.73. The molecule has 140 valence electrons. The molecule has 26 heavy (non-hydrogen) atoms. The Balaban J connectivity index is 1.80. The lowest BCUT2D eigenvalue weighted by Gasteiger charge is -2.40. The molecule has 0 spiro atoms. The lowest BCUT2D eigenvalue weighted by atomic mass is 10.0. The highest BCUT2D eigenvalue weighted by molar-refractivity contribution is 5.67. The highest BCUT2D eigenvalue weighted by Gasteiger charge is 2.31. The second-order valence-corrected chi connectivity index (χ2v) is 6.53. The smallest absolute Gasteiger partial charge is 0.146 e. The fraction of sp³-hybridized carbons (Fsp3) is 0.474. The van der Waals surface area contributed by atoms with Crippen LogP contribution in [0.4, 0.5) is 17.3 Å². The molecule has 1 atom stereocenters. The van der Waals surface area contributed by atoms with Gasteiger partial charge in [0.05, 0.1) is 32.1 Å². The summed E-state index contributed by atoms with van der Waals surface area (Å²) < 4.78 is 16.6. The second-order valence-electron chi connectivity index (χ2n) is 6.53. The zero-order chi connectivity index (χ0) is 18.6.